The Bertz CT molecular complexity index is 744. The van der Waals surface area contributed by atoms with Gasteiger partial charge in [0, 0.05) is 11.8 Å². The highest BCUT2D eigenvalue weighted by Crippen LogP contribution is 2.23. The largest absolute Gasteiger partial charge is 0.341 e. The van der Waals surface area contributed by atoms with E-state index in [2.05, 4.69) is 9.97 Å². The third-order valence-electron chi connectivity index (χ3n) is 2.96. The van der Waals surface area contributed by atoms with Gasteiger partial charge in [-0.25, -0.2) is 22.2 Å². The molecule has 21 heavy (non-hydrogen) atoms. The molecule has 1 aromatic heterocycles. The Labute approximate surface area is 121 Å². The fourth-order valence-electron chi connectivity index (χ4n) is 1.84. The molecule has 1 aromatic carbocycles. The highest BCUT2D eigenvalue weighted by Gasteiger charge is 2.15. The minimum absolute atomic E-state index is 0.0454. The average molecular weight is 315 g/mol. The summed E-state index contributed by atoms with van der Waals surface area (Å²) in [6, 6.07) is 2.47. The monoisotopic (exact) mass is 315 g/mol. The Morgan fingerprint density at radius 1 is 1.38 bits per heavy atom. The molecule has 1 unspecified atom stereocenters. The molecule has 8 heteroatoms. The van der Waals surface area contributed by atoms with E-state index in [9.17, 15) is 17.2 Å². The second-order valence-corrected chi connectivity index (χ2v) is 7.09. The summed E-state index contributed by atoms with van der Waals surface area (Å²) in [6.45, 7) is 0. The highest BCUT2D eigenvalue weighted by molar-refractivity contribution is 7.90. The first-order chi connectivity index (χ1) is 9.76. The van der Waals surface area contributed by atoms with E-state index in [4.69, 9.17) is 5.73 Å². The SMILES string of the molecule is CS(=O)(=O)CCC(N)c1ncc(-c2cc(F)ccc2F)[nH]1. The summed E-state index contributed by atoms with van der Waals surface area (Å²) in [7, 11) is -3.12. The Hall–Kier alpha value is -1.80. The van der Waals surface area contributed by atoms with Crippen molar-refractivity contribution >= 4 is 9.84 Å². The zero-order valence-corrected chi connectivity index (χ0v) is 12.1. The van der Waals surface area contributed by atoms with Gasteiger partial charge in [-0.15, -0.1) is 0 Å². The van der Waals surface area contributed by atoms with Crippen LogP contribution in [-0.4, -0.2) is 30.4 Å². The first-order valence-corrected chi connectivity index (χ1v) is 8.26. The van der Waals surface area contributed by atoms with Crippen LogP contribution >= 0.6 is 0 Å². The van der Waals surface area contributed by atoms with Crippen LogP contribution in [0.15, 0.2) is 24.4 Å². The van der Waals surface area contributed by atoms with Crippen molar-refractivity contribution in [2.75, 3.05) is 12.0 Å². The molecule has 0 saturated carbocycles. The van der Waals surface area contributed by atoms with E-state index >= 15 is 0 Å². The molecule has 0 bridgehead atoms. The maximum Gasteiger partial charge on any atom is 0.147 e. The van der Waals surface area contributed by atoms with E-state index in [1.165, 1.54) is 6.20 Å². The number of aromatic nitrogens is 2. The van der Waals surface area contributed by atoms with Crippen LogP contribution in [0, 0.1) is 11.6 Å². The molecule has 0 aliphatic rings. The number of nitrogens with two attached hydrogens (primary N) is 1. The second-order valence-electron chi connectivity index (χ2n) is 4.83. The summed E-state index contributed by atoms with van der Waals surface area (Å²) < 4.78 is 49.0. The normalized spacial score (nSPS) is 13.3. The van der Waals surface area contributed by atoms with Gasteiger partial charge in [0.05, 0.1) is 23.7 Å². The van der Waals surface area contributed by atoms with Crippen molar-refractivity contribution in [2.45, 2.75) is 12.5 Å². The van der Waals surface area contributed by atoms with Crippen LogP contribution in [0.2, 0.25) is 0 Å². The van der Waals surface area contributed by atoms with Gasteiger partial charge in [-0.1, -0.05) is 0 Å². The molecule has 0 radical (unpaired) electrons. The minimum atomic E-state index is -3.12. The lowest BCUT2D eigenvalue weighted by molar-refractivity contribution is 0.587. The molecular weight excluding hydrogens is 300 g/mol. The van der Waals surface area contributed by atoms with E-state index in [-0.39, 0.29) is 23.4 Å². The van der Waals surface area contributed by atoms with Crippen LogP contribution in [0.25, 0.3) is 11.3 Å². The standard InChI is InChI=1S/C13H15F2N3O2S/c1-21(19,20)5-4-11(16)13-17-7-12(18-13)9-6-8(14)2-3-10(9)15/h2-3,6-7,11H,4-5,16H2,1H3,(H,17,18). The number of aromatic amines is 1. The summed E-state index contributed by atoms with van der Waals surface area (Å²) >= 11 is 0. The van der Waals surface area contributed by atoms with Crippen LogP contribution in [0.5, 0.6) is 0 Å². The average Bonchev–Trinajstić information content (AvgIpc) is 2.87. The predicted octanol–water partition coefficient (Wildman–Crippen LogP) is 1.79. The number of rotatable bonds is 5. The number of benzene rings is 1. The van der Waals surface area contributed by atoms with E-state index in [1.54, 1.807) is 0 Å². The Balaban J connectivity index is 2.19. The lowest BCUT2D eigenvalue weighted by Gasteiger charge is -2.07. The number of imidazole rings is 1. The molecule has 3 N–H and O–H groups in total. The summed E-state index contributed by atoms with van der Waals surface area (Å²) in [6.07, 6.45) is 2.65. The van der Waals surface area contributed by atoms with Crippen LogP contribution in [-0.2, 0) is 9.84 Å². The van der Waals surface area contributed by atoms with E-state index in [0.29, 0.717) is 5.82 Å². The number of nitrogens with one attached hydrogen (secondary N) is 1. The molecular formula is C13H15F2N3O2S. The van der Waals surface area contributed by atoms with Gasteiger partial charge < -0.3 is 10.7 Å². The van der Waals surface area contributed by atoms with E-state index < -0.39 is 27.5 Å². The van der Waals surface area contributed by atoms with Crippen molar-refractivity contribution in [3.05, 3.63) is 41.9 Å². The van der Waals surface area contributed by atoms with Gasteiger partial charge in [-0.3, -0.25) is 0 Å². The first-order valence-electron chi connectivity index (χ1n) is 6.20. The fourth-order valence-corrected chi connectivity index (χ4v) is 2.53. The Morgan fingerprint density at radius 3 is 2.76 bits per heavy atom. The van der Waals surface area contributed by atoms with Crippen LogP contribution in [0.3, 0.4) is 0 Å². The van der Waals surface area contributed by atoms with Crippen molar-refractivity contribution in [3.8, 4) is 11.3 Å². The first kappa shape index (κ1) is 15.6. The van der Waals surface area contributed by atoms with Crippen LogP contribution in [0.1, 0.15) is 18.3 Å². The molecule has 0 saturated heterocycles. The quantitative estimate of drug-likeness (QED) is 0.880. The number of nitrogens with zero attached hydrogens (tertiary/aromatic N) is 1. The van der Waals surface area contributed by atoms with Gasteiger partial charge in [0.2, 0.25) is 0 Å². The summed E-state index contributed by atoms with van der Waals surface area (Å²) in [5, 5.41) is 0. The van der Waals surface area contributed by atoms with Gasteiger partial charge >= 0.3 is 0 Å². The number of sulfone groups is 1. The minimum Gasteiger partial charge on any atom is -0.341 e. The van der Waals surface area contributed by atoms with Crippen molar-refractivity contribution < 1.29 is 17.2 Å². The van der Waals surface area contributed by atoms with E-state index in [0.717, 1.165) is 24.5 Å². The van der Waals surface area contributed by atoms with Gasteiger partial charge in [-0.2, -0.15) is 0 Å². The third kappa shape index (κ3) is 4.08. The fraction of sp³-hybridized carbons (Fsp3) is 0.308. The van der Waals surface area contributed by atoms with Crippen molar-refractivity contribution in [3.63, 3.8) is 0 Å². The lowest BCUT2D eigenvalue weighted by Crippen LogP contribution is -2.16. The number of H-pyrrole nitrogens is 1. The molecule has 2 rings (SSSR count). The highest BCUT2D eigenvalue weighted by atomic mass is 32.2. The van der Waals surface area contributed by atoms with Crippen molar-refractivity contribution in [1.29, 1.82) is 0 Å². The molecule has 1 heterocycles. The second kappa shape index (κ2) is 5.90. The van der Waals surface area contributed by atoms with Crippen molar-refractivity contribution in [1.82, 2.24) is 9.97 Å². The maximum atomic E-state index is 13.6. The van der Waals surface area contributed by atoms with Crippen molar-refractivity contribution in [2.24, 2.45) is 5.73 Å². The van der Waals surface area contributed by atoms with Crippen LogP contribution in [0.4, 0.5) is 8.78 Å². The lowest BCUT2D eigenvalue weighted by atomic mass is 10.1. The third-order valence-corrected chi connectivity index (χ3v) is 3.94. The number of hydrogen-bond donors (Lipinski definition) is 2. The van der Waals surface area contributed by atoms with Gasteiger partial charge in [0.15, 0.2) is 0 Å². The topological polar surface area (TPSA) is 88.8 Å². The molecule has 0 spiro atoms. The predicted molar refractivity (Wildman–Crippen MR) is 75.2 cm³/mol. The molecule has 2 aromatic rings. The summed E-state index contributed by atoms with van der Waals surface area (Å²) in [4.78, 5) is 6.80. The van der Waals surface area contributed by atoms with Gasteiger partial charge in [0.1, 0.15) is 27.3 Å². The molecule has 0 fully saturated rings. The molecule has 5 nitrogen and oxygen atoms in total. The Morgan fingerprint density at radius 2 is 2.10 bits per heavy atom. The molecule has 0 amide bonds. The smallest absolute Gasteiger partial charge is 0.147 e. The van der Waals surface area contributed by atoms with Gasteiger partial charge in [-0.05, 0) is 24.6 Å². The molecule has 114 valence electrons. The number of hydrogen-bond acceptors (Lipinski definition) is 4. The van der Waals surface area contributed by atoms with Gasteiger partial charge in [0.25, 0.3) is 0 Å². The zero-order chi connectivity index (χ0) is 15.6. The van der Waals surface area contributed by atoms with E-state index in [1.807, 2.05) is 0 Å². The summed E-state index contributed by atoms with van der Waals surface area (Å²) in [5.74, 6) is -0.893. The molecule has 1 atom stereocenters. The zero-order valence-electron chi connectivity index (χ0n) is 11.3. The summed E-state index contributed by atoms with van der Waals surface area (Å²) in [5.41, 5.74) is 6.17. The molecule has 0 aliphatic carbocycles. The van der Waals surface area contributed by atoms with Crippen LogP contribution < -0.4 is 5.73 Å². The molecule has 0 aliphatic heterocycles. The maximum absolute atomic E-state index is 13.6. The Kier molecular flexibility index (Phi) is 4.38. The number of halogens is 2.